The summed E-state index contributed by atoms with van der Waals surface area (Å²) in [6.45, 7) is 7.96. The quantitative estimate of drug-likeness (QED) is 0.837. The van der Waals surface area contributed by atoms with Gasteiger partial charge in [0.1, 0.15) is 0 Å². The number of hydrogen-bond acceptors (Lipinski definition) is 4. The number of benzene rings is 1. The Morgan fingerprint density at radius 2 is 2.17 bits per heavy atom. The second-order valence-electron chi connectivity index (χ2n) is 7.19. The summed E-state index contributed by atoms with van der Waals surface area (Å²) in [7, 11) is 1.68. The van der Waals surface area contributed by atoms with Gasteiger partial charge in [-0.2, -0.15) is 0 Å². The van der Waals surface area contributed by atoms with E-state index in [0.717, 1.165) is 36.6 Å². The molecular formula is C19H27NO3. The Kier molecular flexibility index (Phi) is 4.53. The van der Waals surface area contributed by atoms with Gasteiger partial charge in [-0.15, -0.1) is 0 Å². The Hall–Kier alpha value is -1.68. The van der Waals surface area contributed by atoms with Crippen LogP contribution in [0.2, 0.25) is 0 Å². The highest BCUT2D eigenvalue weighted by Gasteiger charge is 2.31. The SMILES string of the molecule is C/C=C/C(C)(C)CC1CC(c2cc(OC)c3c(c2)OCO3)CN1. The summed E-state index contributed by atoms with van der Waals surface area (Å²) in [5.41, 5.74) is 1.50. The molecule has 1 aromatic rings. The van der Waals surface area contributed by atoms with Gasteiger partial charge >= 0.3 is 0 Å². The van der Waals surface area contributed by atoms with Crippen LogP contribution in [-0.2, 0) is 0 Å². The van der Waals surface area contributed by atoms with Crippen LogP contribution in [0.4, 0.5) is 0 Å². The molecule has 1 aromatic carbocycles. The monoisotopic (exact) mass is 317 g/mol. The summed E-state index contributed by atoms with van der Waals surface area (Å²) in [6, 6.07) is 4.75. The van der Waals surface area contributed by atoms with Gasteiger partial charge in [0.15, 0.2) is 11.5 Å². The molecule has 1 saturated heterocycles. The van der Waals surface area contributed by atoms with E-state index >= 15 is 0 Å². The lowest BCUT2D eigenvalue weighted by Gasteiger charge is -2.24. The molecule has 4 heteroatoms. The number of methoxy groups -OCH3 is 1. The van der Waals surface area contributed by atoms with Gasteiger partial charge in [-0.3, -0.25) is 0 Å². The molecule has 3 rings (SSSR count). The third-order valence-corrected chi connectivity index (χ3v) is 4.76. The van der Waals surface area contributed by atoms with Gasteiger partial charge in [0, 0.05) is 12.6 Å². The molecule has 2 heterocycles. The van der Waals surface area contributed by atoms with E-state index in [2.05, 4.69) is 50.4 Å². The van der Waals surface area contributed by atoms with Crippen LogP contribution in [-0.4, -0.2) is 26.5 Å². The minimum atomic E-state index is 0.230. The topological polar surface area (TPSA) is 39.7 Å². The number of fused-ring (bicyclic) bond motifs is 1. The second-order valence-corrected chi connectivity index (χ2v) is 7.19. The maximum atomic E-state index is 5.55. The second kappa shape index (κ2) is 6.44. The fourth-order valence-electron chi connectivity index (χ4n) is 3.77. The molecule has 2 atom stereocenters. The van der Waals surface area contributed by atoms with Crippen LogP contribution in [0, 0.1) is 5.41 Å². The third-order valence-electron chi connectivity index (χ3n) is 4.76. The predicted molar refractivity (Wildman–Crippen MR) is 91.5 cm³/mol. The number of ether oxygens (including phenoxy) is 3. The number of allylic oxidation sites excluding steroid dienone is 2. The largest absolute Gasteiger partial charge is 0.493 e. The van der Waals surface area contributed by atoms with Crippen molar-refractivity contribution in [1.82, 2.24) is 5.32 Å². The van der Waals surface area contributed by atoms with Gasteiger partial charge in [-0.25, -0.2) is 0 Å². The van der Waals surface area contributed by atoms with Crippen molar-refractivity contribution in [2.75, 3.05) is 20.4 Å². The van der Waals surface area contributed by atoms with E-state index in [4.69, 9.17) is 14.2 Å². The first kappa shape index (κ1) is 16.2. The van der Waals surface area contributed by atoms with Crippen molar-refractivity contribution in [3.63, 3.8) is 0 Å². The van der Waals surface area contributed by atoms with E-state index in [-0.39, 0.29) is 12.2 Å². The van der Waals surface area contributed by atoms with Crippen LogP contribution < -0.4 is 19.5 Å². The average molecular weight is 317 g/mol. The first-order valence-corrected chi connectivity index (χ1v) is 8.37. The Morgan fingerprint density at radius 1 is 1.35 bits per heavy atom. The smallest absolute Gasteiger partial charge is 0.231 e. The van der Waals surface area contributed by atoms with Crippen LogP contribution in [0.15, 0.2) is 24.3 Å². The molecule has 4 nitrogen and oxygen atoms in total. The van der Waals surface area contributed by atoms with Crippen LogP contribution >= 0.6 is 0 Å². The molecule has 2 aliphatic heterocycles. The normalized spacial score (nSPS) is 23.7. The summed E-state index contributed by atoms with van der Waals surface area (Å²) < 4.78 is 16.5. The van der Waals surface area contributed by atoms with E-state index in [0.29, 0.717) is 12.0 Å². The summed E-state index contributed by atoms with van der Waals surface area (Å²) in [5.74, 6) is 2.79. The van der Waals surface area contributed by atoms with E-state index in [1.165, 1.54) is 5.56 Å². The molecular weight excluding hydrogens is 290 g/mol. The highest BCUT2D eigenvalue weighted by atomic mass is 16.7. The fraction of sp³-hybridized carbons (Fsp3) is 0.579. The molecule has 2 unspecified atom stereocenters. The first-order valence-electron chi connectivity index (χ1n) is 8.37. The van der Waals surface area contributed by atoms with E-state index < -0.39 is 0 Å². The van der Waals surface area contributed by atoms with Gasteiger partial charge < -0.3 is 19.5 Å². The minimum absolute atomic E-state index is 0.230. The zero-order valence-corrected chi connectivity index (χ0v) is 14.5. The standard InChI is InChI=1S/C19H27NO3/c1-5-6-19(2,3)10-15-7-14(11-20-15)13-8-16(21-4)18-17(9-13)22-12-23-18/h5-6,8-9,14-15,20H,7,10-12H2,1-4H3/b6-5+. The fourth-order valence-corrected chi connectivity index (χ4v) is 3.77. The summed E-state index contributed by atoms with van der Waals surface area (Å²) >= 11 is 0. The lowest BCUT2D eigenvalue weighted by atomic mass is 9.83. The van der Waals surface area contributed by atoms with E-state index in [1.807, 2.05) is 0 Å². The molecule has 0 aromatic heterocycles. The highest BCUT2D eigenvalue weighted by Crippen LogP contribution is 2.44. The predicted octanol–water partition coefficient (Wildman–Crippen LogP) is 3.86. The van der Waals surface area contributed by atoms with Crippen molar-refractivity contribution in [1.29, 1.82) is 0 Å². The molecule has 0 bridgehead atoms. The van der Waals surface area contributed by atoms with E-state index in [9.17, 15) is 0 Å². The maximum Gasteiger partial charge on any atom is 0.231 e. The van der Waals surface area contributed by atoms with E-state index in [1.54, 1.807) is 7.11 Å². The Labute approximate surface area is 138 Å². The maximum absolute atomic E-state index is 5.55. The minimum Gasteiger partial charge on any atom is -0.493 e. The van der Waals surface area contributed by atoms with Gasteiger partial charge in [0.2, 0.25) is 12.5 Å². The Bertz CT molecular complexity index is 595. The van der Waals surface area contributed by atoms with Crippen molar-refractivity contribution in [3.05, 3.63) is 29.8 Å². The van der Waals surface area contributed by atoms with Gasteiger partial charge in [0.25, 0.3) is 0 Å². The highest BCUT2D eigenvalue weighted by molar-refractivity contribution is 5.55. The van der Waals surface area contributed by atoms with Crippen molar-refractivity contribution >= 4 is 0 Å². The molecule has 0 saturated carbocycles. The Morgan fingerprint density at radius 3 is 2.91 bits per heavy atom. The van der Waals surface area contributed by atoms with Crippen molar-refractivity contribution in [3.8, 4) is 17.2 Å². The average Bonchev–Trinajstić information content (AvgIpc) is 3.14. The molecule has 0 aliphatic carbocycles. The summed E-state index contributed by atoms with van der Waals surface area (Å²) in [6.07, 6.45) is 6.74. The van der Waals surface area contributed by atoms with Gasteiger partial charge in [-0.05, 0) is 48.8 Å². The molecule has 0 amide bonds. The zero-order valence-electron chi connectivity index (χ0n) is 14.5. The van der Waals surface area contributed by atoms with Crippen LogP contribution in [0.3, 0.4) is 0 Å². The van der Waals surface area contributed by atoms with Crippen molar-refractivity contribution in [2.45, 2.75) is 45.6 Å². The van der Waals surface area contributed by atoms with Crippen LogP contribution in [0.1, 0.15) is 45.1 Å². The number of rotatable bonds is 5. The first-order chi connectivity index (χ1) is 11.0. The van der Waals surface area contributed by atoms with Gasteiger partial charge in [0.05, 0.1) is 7.11 Å². The molecule has 0 radical (unpaired) electrons. The van der Waals surface area contributed by atoms with Crippen LogP contribution in [0.25, 0.3) is 0 Å². The number of nitrogens with one attached hydrogen (secondary N) is 1. The third kappa shape index (κ3) is 3.47. The van der Waals surface area contributed by atoms with Gasteiger partial charge in [-0.1, -0.05) is 26.0 Å². The molecule has 126 valence electrons. The Balaban J connectivity index is 1.72. The molecule has 2 aliphatic rings. The molecule has 1 N–H and O–H groups in total. The summed E-state index contributed by atoms with van der Waals surface area (Å²) in [4.78, 5) is 0. The van der Waals surface area contributed by atoms with Crippen molar-refractivity contribution < 1.29 is 14.2 Å². The zero-order chi connectivity index (χ0) is 16.4. The number of hydrogen-bond donors (Lipinski definition) is 1. The van der Waals surface area contributed by atoms with Crippen LogP contribution in [0.5, 0.6) is 17.2 Å². The molecule has 0 spiro atoms. The molecule has 1 fully saturated rings. The lowest BCUT2D eigenvalue weighted by Crippen LogP contribution is -2.27. The molecule has 23 heavy (non-hydrogen) atoms. The lowest BCUT2D eigenvalue weighted by molar-refractivity contribution is 0.171. The summed E-state index contributed by atoms with van der Waals surface area (Å²) in [5, 5.41) is 3.68. The van der Waals surface area contributed by atoms with Crippen molar-refractivity contribution in [2.24, 2.45) is 5.41 Å².